The van der Waals surface area contributed by atoms with E-state index >= 15 is 0 Å². The summed E-state index contributed by atoms with van der Waals surface area (Å²) in [7, 11) is 0. The summed E-state index contributed by atoms with van der Waals surface area (Å²) in [5, 5.41) is 15.0. The molecule has 6 nitrogen and oxygen atoms in total. The predicted octanol–water partition coefficient (Wildman–Crippen LogP) is 3.99. The molecule has 0 radical (unpaired) electrons. The molecule has 7 heteroatoms. The highest BCUT2D eigenvalue weighted by molar-refractivity contribution is 7.17. The summed E-state index contributed by atoms with van der Waals surface area (Å²) in [5.74, 6) is -1.40. The van der Waals surface area contributed by atoms with Crippen LogP contribution in [0.5, 0.6) is 0 Å². The maximum Gasteiger partial charge on any atom is 0.303 e. The highest BCUT2D eigenvalue weighted by atomic mass is 32.1. The molecule has 0 saturated heterocycles. The minimum atomic E-state index is -0.920. The van der Waals surface area contributed by atoms with Gasteiger partial charge in [-0.3, -0.25) is 14.4 Å². The van der Waals surface area contributed by atoms with Crippen molar-refractivity contribution >= 4 is 39.8 Å². The number of fused-ring (bicyclic) bond motifs is 1. The van der Waals surface area contributed by atoms with Gasteiger partial charge in [-0.15, -0.1) is 11.3 Å². The van der Waals surface area contributed by atoms with Gasteiger partial charge in [0.05, 0.1) is 5.56 Å². The van der Waals surface area contributed by atoms with Crippen LogP contribution in [0.3, 0.4) is 0 Å². The molecule has 0 saturated carbocycles. The Kier molecular flexibility index (Phi) is 5.91. The van der Waals surface area contributed by atoms with Gasteiger partial charge in [0.25, 0.3) is 5.91 Å². The van der Waals surface area contributed by atoms with Crippen LogP contribution in [-0.4, -0.2) is 22.9 Å². The van der Waals surface area contributed by atoms with Crippen LogP contribution in [0.2, 0.25) is 0 Å². The van der Waals surface area contributed by atoms with E-state index in [0.717, 1.165) is 41.0 Å². The van der Waals surface area contributed by atoms with Gasteiger partial charge in [-0.25, -0.2) is 0 Å². The number of para-hydroxylation sites is 1. The quantitative estimate of drug-likeness (QED) is 0.670. The average molecular weight is 386 g/mol. The number of rotatable bonds is 7. The van der Waals surface area contributed by atoms with Crippen molar-refractivity contribution in [1.82, 2.24) is 0 Å². The third-order valence-electron chi connectivity index (χ3n) is 4.59. The van der Waals surface area contributed by atoms with Crippen molar-refractivity contribution in [2.24, 2.45) is 0 Å². The van der Waals surface area contributed by atoms with Crippen LogP contribution in [0.15, 0.2) is 24.3 Å². The zero-order valence-electron chi connectivity index (χ0n) is 15.1. The first-order valence-electron chi connectivity index (χ1n) is 8.99. The summed E-state index contributed by atoms with van der Waals surface area (Å²) < 4.78 is 0. The minimum absolute atomic E-state index is 0.0466. The number of nitrogens with one attached hydrogen (secondary N) is 2. The Bertz CT molecular complexity index is 888. The van der Waals surface area contributed by atoms with E-state index in [1.807, 2.05) is 31.2 Å². The lowest BCUT2D eigenvalue weighted by Crippen LogP contribution is -2.18. The van der Waals surface area contributed by atoms with Crippen LogP contribution in [0.4, 0.5) is 10.7 Å². The second-order valence-electron chi connectivity index (χ2n) is 6.63. The van der Waals surface area contributed by atoms with E-state index in [2.05, 4.69) is 10.6 Å². The fraction of sp³-hybridized carbons (Fsp3) is 0.350. The van der Waals surface area contributed by atoms with Gasteiger partial charge >= 0.3 is 5.97 Å². The zero-order valence-corrected chi connectivity index (χ0v) is 15.9. The van der Waals surface area contributed by atoms with Crippen LogP contribution < -0.4 is 10.6 Å². The lowest BCUT2D eigenvalue weighted by atomic mass is 10.1. The summed E-state index contributed by atoms with van der Waals surface area (Å²) >= 11 is 1.45. The molecule has 0 bridgehead atoms. The van der Waals surface area contributed by atoms with E-state index in [9.17, 15) is 14.4 Å². The fourth-order valence-corrected chi connectivity index (χ4v) is 4.52. The molecule has 142 valence electrons. The number of benzene rings is 1. The van der Waals surface area contributed by atoms with Gasteiger partial charge in [0.1, 0.15) is 5.00 Å². The van der Waals surface area contributed by atoms with Crippen molar-refractivity contribution in [3.8, 4) is 0 Å². The topological polar surface area (TPSA) is 95.5 Å². The van der Waals surface area contributed by atoms with Crippen LogP contribution >= 0.6 is 11.3 Å². The molecule has 0 atom stereocenters. The first kappa shape index (κ1) is 19.1. The second-order valence-corrected chi connectivity index (χ2v) is 7.73. The Morgan fingerprint density at radius 2 is 1.89 bits per heavy atom. The van der Waals surface area contributed by atoms with E-state index in [1.54, 1.807) is 0 Å². The number of amides is 2. The Labute approximate surface area is 161 Å². The molecule has 1 heterocycles. The molecule has 0 aliphatic heterocycles. The standard InChI is InChI=1S/C20H22N2O4S/c1-12-6-2-3-8-14(12)21-19(26)18-13-7-4-9-15(13)27-20(18)22-16(23)10-5-11-17(24)25/h2-3,6,8H,4-5,7,9-11H2,1H3,(H,21,26)(H,22,23)(H,24,25). The summed E-state index contributed by atoms with van der Waals surface area (Å²) in [6.45, 7) is 1.93. The average Bonchev–Trinajstić information content (AvgIpc) is 3.17. The maximum atomic E-state index is 13.0. The molecule has 27 heavy (non-hydrogen) atoms. The summed E-state index contributed by atoms with van der Waals surface area (Å²) in [4.78, 5) is 36.9. The molecule has 1 aromatic heterocycles. The van der Waals surface area contributed by atoms with Crippen molar-refractivity contribution in [2.75, 3.05) is 10.6 Å². The number of hydrogen-bond acceptors (Lipinski definition) is 4. The maximum absolute atomic E-state index is 13.0. The highest BCUT2D eigenvalue weighted by Crippen LogP contribution is 2.39. The normalized spacial score (nSPS) is 12.5. The van der Waals surface area contributed by atoms with Gasteiger partial charge in [-0.2, -0.15) is 0 Å². The van der Waals surface area contributed by atoms with E-state index < -0.39 is 5.97 Å². The summed E-state index contributed by atoms with van der Waals surface area (Å²) in [5.41, 5.74) is 3.28. The van der Waals surface area contributed by atoms with Crippen LogP contribution in [-0.2, 0) is 22.4 Å². The molecule has 3 N–H and O–H groups in total. The number of hydrogen-bond donors (Lipinski definition) is 3. The molecule has 1 aromatic carbocycles. The third kappa shape index (κ3) is 4.54. The van der Waals surface area contributed by atoms with Crippen LogP contribution in [0.25, 0.3) is 0 Å². The second kappa shape index (κ2) is 8.35. The van der Waals surface area contributed by atoms with E-state index in [1.165, 1.54) is 11.3 Å². The number of anilines is 2. The van der Waals surface area contributed by atoms with Gasteiger partial charge in [-0.05, 0) is 49.8 Å². The first-order valence-corrected chi connectivity index (χ1v) is 9.80. The minimum Gasteiger partial charge on any atom is -0.481 e. The van der Waals surface area contributed by atoms with E-state index in [-0.39, 0.29) is 31.1 Å². The van der Waals surface area contributed by atoms with Gasteiger partial charge in [0, 0.05) is 23.4 Å². The van der Waals surface area contributed by atoms with Crippen molar-refractivity contribution in [1.29, 1.82) is 0 Å². The predicted molar refractivity (Wildman–Crippen MR) is 106 cm³/mol. The zero-order chi connectivity index (χ0) is 19.4. The van der Waals surface area contributed by atoms with Gasteiger partial charge in [-0.1, -0.05) is 18.2 Å². The van der Waals surface area contributed by atoms with Crippen molar-refractivity contribution in [3.05, 3.63) is 45.8 Å². The smallest absolute Gasteiger partial charge is 0.303 e. The van der Waals surface area contributed by atoms with Crippen molar-refractivity contribution in [3.63, 3.8) is 0 Å². The number of aliphatic carboxylic acids is 1. The van der Waals surface area contributed by atoms with Gasteiger partial charge < -0.3 is 15.7 Å². The van der Waals surface area contributed by atoms with Crippen molar-refractivity contribution < 1.29 is 19.5 Å². The largest absolute Gasteiger partial charge is 0.481 e. The molecule has 0 fully saturated rings. The number of carboxylic acid groups (broad SMARTS) is 1. The van der Waals surface area contributed by atoms with Gasteiger partial charge in [0.15, 0.2) is 0 Å². The van der Waals surface area contributed by atoms with E-state index in [4.69, 9.17) is 5.11 Å². The number of carbonyl (C=O) groups is 3. The van der Waals surface area contributed by atoms with E-state index in [0.29, 0.717) is 10.6 Å². The number of thiophene rings is 1. The Morgan fingerprint density at radius 3 is 2.63 bits per heavy atom. The molecule has 0 unspecified atom stereocenters. The lowest BCUT2D eigenvalue weighted by molar-refractivity contribution is -0.137. The highest BCUT2D eigenvalue weighted by Gasteiger charge is 2.27. The lowest BCUT2D eigenvalue weighted by Gasteiger charge is -2.11. The Hall–Kier alpha value is -2.67. The van der Waals surface area contributed by atoms with Crippen LogP contribution in [0.1, 0.15) is 52.0 Å². The number of carbonyl (C=O) groups excluding carboxylic acids is 2. The molecule has 0 spiro atoms. The Balaban J connectivity index is 1.78. The Morgan fingerprint density at radius 1 is 1.11 bits per heavy atom. The SMILES string of the molecule is Cc1ccccc1NC(=O)c1c(NC(=O)CCCC(=O)O)sc2c1CCC2. The fourth-order valence-electron chi connectivity index (χ4n) is 3.22. The summed E-state index contributed by atoms with van der Waals surface area (Å²) in [6.07, 6.45) is 3.11. The van der Waals surface area contributed by atoms with Crippen LogP contribution in [0, 0.1) is 6.92 Å². The molecule has 1 aliphatic carbocycles. The molecular formula is C20H22N2O4S. The first-order chi connectivity index (χ1) is 13.0. The summed E-state index contributed by atoms with van der Waals surface area (Å²) in [6, 6.07) is 7.56. The third-order valence-corrected chi connectivity index (χ3v) is 5.80. The monoisotopic (exact) mass is 386 g/mol. The number of carboxylic acids is 1. The molecule has 3 rings (SSSR count). The molecule has 2 amide bonds. The van der Waals surface area contributed by atoms with Crippen molar-refractivity contribution in [2.45, 2.75) is 45.4 Å². The van der Waals surface area contributed by atoms with Gasteiger partial charge in [0.2, 0.25) is 5.91 Å². The number of aryl methyl sites for hydroxylation is 2. The molecular weight excluding hydrogens is 364 g/mol. The molecule has 1 aliphatic rings. The molecule has 2 aromatic rings.